The number of nitrogens with one attached hydrogen (secondary N) is 2. The highest BCUT2D eigenvalue weighted by Crippen LogP contribution is 2.27. The number of carbonyl (C=O) groups excluding carboxylic acids is 1. The van der Waals surface area contributed by atoms with E-state index >= 15 is 0 Å². The van der Waals surface area contributed by atoms with Gasteiger partial charge in [0, 0.05) is 22.6 Å². The van der Waals surface area contributed by atoms with Crippen molar-refractivity contribution >= 4 is 21.8 Å². The number of carbonyl (C=O) groups is 1. The van der Waals surface area contributed by atoms with Crippen LogP contribution in [0.25, 0.3) is 5.69 Å². The van der Waals surface area contributed by atoms with E-state index in [0.717, 1.165) is 28.7 Å². The first-order valence-electron chi connectivity index (χ1n) is 8.35. The third-order valence-corrected chi connectivity index (χ3v) is 5.46. The minimum absolute atomic E-state index is 0.125. The summed E-state index contributed by atoms with van der Waals surface area (Å²) in [5, 5.41) is 15.0. The number of rotatable bonds is 3. The number of fused-ring (bicyclic) bond motifs is 2. The molecule has 24 heavy (non-hydrogen) atoms. The van der Waals surface area contributed by atoms with Crippen LogP contribution in [-0.2, 0) is 0 Å². The van der Waals surface area contributed by atoms with E-state index in [0.29, 0.717) is 17.8 Å². The smallest absolute Gasteiger partial charge is 0.273 e. The van der Waals surface area contributed by atoms with E-state index in [4.69, 9.17) is 0 Å². The van der Waals surface area contributed by atoms with Crippen molar-refractivity contribution in [1.82, 2.24) is 25.6 Å². The Hall–Kier alpha value is -1.73. The van der Waals surface area contributed by atoms with E-state index in [1.54, 1.807) is 4.68 Å². The van der Waals surface area contributed by atoms with Gasteiger partial charge >= 0.3 is 0 Å². The van der Waals surface area contributed by atoms with Crippen molar-refractivity contribution in [2.75, 3.05) is 0 Å². The van der Waals surface area contributed by atoms with Crippen LogP contribution < -0.4 is 10.6 Å². The van der Waals surface area contributed by atoms with E-state index in [9.17, 15) is 4.79 Å². The molecule has 0 saturated carbocycles. The fourth-order valence-corrected chi connectivity index (χ4v) is 4.21. The van der Waals surface area contributed by atoms with Crippen LogP contribution in [0.2, 0.25) is 0 Å². The fraction of sp³-hybridized carbons (Fsp3) is 0.471. The maximum Gasteiger partial charge on any atom is 0.273 e. The zero-order chi connectivity index (χ0) is 16.7. The maximum absolute atomic E-state index is 12.6. The van der Waals surface area contributed by atoms with E-state index in [-0.39, 0.29) is 11.9 Å². The lowest BCUT2D eigenvalue weighted by molar-refractivity contribution is 0.0918. The molecule has 0 spiro atoms. The lowest BCUT2D eigenvalue weighted by Gasteiger charge is -2.29. The van der Waals surface area contributed by atoms with Gasteiger partial charge < -0.3 is 10.6 Å². The highest BCUT2D eigenvalue weighted by atomic mass is 79.9. The molecule has 126 valence electrons. The molecule has 1 aromatic heterocycles. The van der Waals surface area contributed by atoms with Gasteiger partial charge in [-0.1, -0.05) is 27.2 Å². The number of piperidine rings is 1. The number of hydrogen-bond donors (Lipinski definition) is 2. The summed E-state index contributed by atoms with van der Waals surface area (Å²) in [5.74, 6) is -0.125. The second-order valence-corrected chi connectivity index (χ2v) is 7.61. The minimum Gasteiger partial charge on any atom is -0.348 e. The Labute approximate surface area is 149 Å². The molecule has 7 heteroatoms. The summed E-state index contributed by atoms with van der Waals surface area (Å²) in [6.45, 7) is 1.88. The largest absolute Gasteiger partial charge is 0.348 e. The van der Waals surface area contributed by atoms with Crippen LogP contribution in [0.4, 0.5) is 0 Å². The predicted molar refractivity (Wildman–Crippen MR) is 94.2 cm³/mol. The van der Waals surface area contributed by atoms with E-state index in [1.165, 1.54) is 12.8 Å². The van der Waals surface area contributed by atoms with Crippen molar-refractivity contribution in [3.63, 3.8) is 0 Å². The Morgan fingerprint density at radius 3 is 2.79 bits per heavy atom. The van der Waals surface area contributed by atoms with E-state index in [1.807, 2.05) is 31.2 Å². The second-order valence-electron chi connectivity index (χ2n) is 6.69. The van der Waals surface area contributed by atoms with E-state index < -0.39 is 0 Å². The molecule has 0 radical (unpaired) electrons. The number of nitrogens with zero attached hydrogens (tertiary/aromatic N) is 3. The topological polar surface area (TPSA) is 71.8 Å². The molecule has 2 aliphatic heterocycles. The molecule has 2 saturated heterocycles. The van der Waals surface area contributed by atoms with Crippen LogP contribution in [0.15, 0.2) is 28.7 Å². The molecule has 2 fully saturated rings. The molecule has 2 aromatic rings. The van der Waals surface area contributed by atoms with Gasteiger partial charge in [0.1, 0.15) is 0 Å². The van der Waals surface area contributed by atoms with Crippen LogP contribution in [0.3, 0.4) is 0 Å². The summed E-state index contributed by atoms with van der Waals surface area (Å²) < 4.78 is 2.66. The molecule has 4 rings (SSSR count). The molecule has 2 aliphatic rings. The highest BCUT2D eigenvalue weighted by molar-refractivity contribution is 9.10. The van der Waals surface area contributed by atoms with Crippen LogP contribution in [0, 0.1) is 6.92 Å². The molecule has 0 aliphatic carbocycles. The van der Waals surface area contributed by atoms with Gasteiger partial charge in [0.15, 0.2) is 5.69 Å². The summed E-state index contributed by atoms with van der Waals surface area (Å²) in [6, 6.07) is 9.11. The standard InChI is InChI=1S/C17H20BrN5O/c1-10-16(21-22-23(10)15-4-2-3-11(18)7-15)17(24)20-14-8-12-5-6-13(9-14)19-12/h2-4,7,12-14,19H,5-6,8-9H2,1H3,(H,20,24). The van der Waals surface area contributed by atoms with Crippen molar-refractivity contribution in [1.29, 1.82) is 0 Å². The van der Waals surface area contributed by atoms with Gasteiger partial charge in [0.05, 0.1) is 11.4 Å². The van der Waals surface area contributed by atoms with Gasteiger partial charge in [-0.15, -0.1) is 5.10 Å². The van der Waals surface area contributed by atoms with Crippen molar-refractivity contribution in [2.24, 2.45) is 0 Å². The monoisotopic (exact) mass is 389 g/mol. The molecule has 2 bridgehead atoms. The van der Waals surface area contributed by atoms with Gasteiger partial charge in [-0.05, 0) is 50.8 Å². The Bertz CT molecular complexity index is 762. The molecule has 3 heterocycles. The average Bonchev–Trinajstić information content (AvgIpc) is 3.10. The molecular formula is C17H20BrN5O. The van der Waals surface area contributed by atoms with Crippen molar-refractivity contribution < 1.29 is 4.79 Å². The van der Waals surface area contributed by atoms with Crippen molar-refractivity contribution in [2.45, 2.75) is 50.7 Å². The summed E-state index contributed by atoms with van der Waals surface area (Å²) >= 11 is 3.46. The Balaban J connectivity index is 1.51. The predicted octanol–water partition coefficient (Wildman–Crippen LogP) is 2.35. The summed E-state index contributed by atoms with van der Waals surface area (Å²) in [5.41, 5.74) is 2.04. The second kappa shape index (κ2) is 6.29. The summed E-state index contributed by atoms with van der Waals surface area (Å²) in [4.78, 5) is 12.6. The van der Waals surface area contributed by atoms with Crippen LogP contribution in [0.1, 0.15) is 41.9 Å². The fourth-order valence-electron chi connectivity index (χ4n) is 3.82. The summed E-state index contributed by atoms with van der Waals surface area (Å²) in [6.07, 6.45) is 4.44. The first-order chi connectivity index (χ1) is 11.6. The van der Waals surface area contributed by atoms with Crippen LogP contribution in [0.5, 0.6) is 0 Å². The first kappa shape index (κ1) is 15.8. The maximum atomic E-state index is 12.6. The number of aromatic nitrogens is 3. The number of benzene rings is 1. The van der Waals surface area contributed by atoms with E-state index in [2.05, 4.69) is 36.9 Å². The molecule has 1 aromatic carbocycles. The molecule has 1 amide bonds. The highest BCUT2D eigenvalue weighted by Gasteiger charge is 2.34. The number of halogens is 1. The molecule has 6 nitrogen and oxygen atoms in total. The van der Waals surface area contributed by atoms with Gasteiger partial charge in [-0.25, -0.2) is 4.68 Å². The minimum atomic E-state index is -0.125. The Morgan fingerprint density at radius 2 is 2.08 bits per heavy atom. The third-order valence-electron chi connectivity index (χ3n) is 4.97. The number of amides is 1. The van der Waals surface area contributed by atoms with Crippen LogP contribution in [-0.4, -0.2) is 39.0 Å². The van der Waals surface area contributed by atoms with Crippen molar-refractivity contribution in [3.8, 4) is 5.69 Å². The van der Waals surface area contributed by atoms with Gasteiger partial charge in [0.25, 0.3) is 5.91 Å². The lowest BCUT2D eigenvalue weighted by Crippen LogP contribution is -2.48. The Kier molecular flexibility index (Phi) is 4.14. The zero-order valence-corrected chi connectivity index (χ0v) is 15.1. The molecule has 2 unspecified atom stereocenters. The first-order valence-corrected chi connectivity index (χ1v) is 9.14. The quantitative estimate of drug-likeness (QED) is 0.844. The average molecular weight is 390 g/mol. The Morgan fingerprint density at radius 1 is 1.33 bits per heavy atom. The molecule has 2 N–H and O–H groups in total. The van der Waals surface area contributed by atoms with Crippen molar-refractivity contribution in [3.05, 3.63) is 40.1 Å². The normalized spacial score (nSPS) is 25.7. The number of hydrogen-bond acceptors (Lipinski definition) is 4. The molecular weight excluding hydrogens is 370 g/mol. The SMILES string of the molecule is Cc1c(C(=O)NC2CC3CCC(C2)N3)nnn1-c1cccc(Br)c1. The molecule has 2 atom stereocenters. The van der Waals surface area contributed by atoms with Crippen LogP contribution >= 0.6 is 15.9 Å². The lowest BCUT2D eigenvalue weighted by atomic mass is 9.99. The summed E-state index contributed by atoms with van der Waals surface area (Å²) in [7, 11) is 0. The zero-order valence-electron chi connectivity index (χ0n) is 13.5. The third kappa shape index (κ3) is 2.98. The van der Waals surface area contributed by atoms with Gasteiger partial charge in [0.2, 0.25) is 0 Å². The van der Waals surface area contributed by atoms with Gasteiger partial charge in [-0.2, -0.15) is 0 Å². The van der Waals surface area contributed by atoms with Gasteiger partial charge in [-0.3, -0.25) is 4.79 Å².